The van der Waals surface area contributed by atoms with Crippen LogP contribution in [0.25, 0.3) is 11.0 Å². The van der Waals surface area contributed by atoms with E-state index in [4.69, 9.17) is 0 Å². The Labute approximate surface area is 152 Å². The number of imidazole rings is 1. The average Bonchev–Trinajstić information content (AvgIpc) is 2.95. The molecule has 0 radical (unpaired) electrons. The first-order chi connectivity index (χ1) is 12.5. The summed E-state index contributed by atoms with van der Waals surface area (Å²) < 4.78 is 1.80. The maximum atomic E-state index is 12.6. The number of rotatable bonds is 5. The lowest BCUT2D eigenvalue weighted by Gasteiger charge is -2.12. The molecule has 1 aromatic heterocycles. The Bertz CT molecular complexity index is 975. The molecular formula is C20H22N4O2. The second kappa shape index (κ2) is 7.39. The van der Waals surface area contributed by atoms with Gasteiger partial charge in [0, 0.05) is 12.7 Å². The summed E-state index contributed by atoms with van der Waals surface area (Å²) in [7, 11) is 1.59. The van der Waals surface area contributed by atoms with Crippen molar-refractivity contribution in [3.63, 3.8) is 0 Å². The van der Waals surface area contributed by atoms with Crippen LogP contribution in [0.5, 0.6) is 0 Å². The van der Waals surface area contributed by atoms with Crippen LogP contribution in [0.3, 0.4) is 0 Å². The molecule has 0 spiro atoms. The Morgan fingerprint density at radius 2 is 1.85 bits per heavy atom. The number of benzene rings is 2. The van der Waals surface area contributed by atoms with Crippen molar-refractivity contribution < 1.29 is 9.59 Å². The summed E-state index contributed by atoms with van der Waals surface area (Å²) in [5.41, 5.74) is 4.49. The first kappa shape index (κ1) is 17.7. The number of carbonyl (C=O) groups is 2. The zero-order chi connectivity index (χ0) is 18.7. The number of carbonyl (C=O) groups excluding carboxylic acids is 2. The molecule has 1 heterocycles. The highest BCUT2D eigenvalue weighted by Crippen LogP contribution is 2.19. The lowest BCUT2D eigenvalue weighted by molar-refractivity contribution is -0.120. The maximum Gasteiger partial charge on any atom is 0.244 e. The van der Waals surface area contributed by atoms with E-state index in [2.05, 4.69) is 15.6 Å². The van der Waals surface area contributed by atoms with Crippen LogP contribution in [0.15, 0.2) is 42.5 Å². The number of fused-ring (bicyclic) bond motifs is 1. The fourth-order valence-electron chi connectivity index (χ4n) is 2.87. The molecule has 0 aliphatic carbocycles. The SMILES string of the molecule is CNC(=O)Cc1nc2ccccc2n1CC(=O)Nc1cc(C)ccc1C. The second-order valence-electron chi connectivity index (χ2n) is 6.32. The van der Waals surface area contributed by atoms with Gasteiger partial charge in [-0.25, -0.2) is 4.98 Å². The number of nitrogens with one attached hydrogen (secondary N) is 2. The maximum absolute atomic E-state index is 12.6. The van der Waals surface area contributed by atoms with Gasteiger partial charge in [-0.05, 0) is 43.2 Å². The normalized spacial score (nSPS) is 10.7. The summed E-state index contributed by atoms with van der Waals surface area (Å²) in [4.78, 5) is 29.0. The van der Waals surface area contributed by atoms with Crippen LogP contribution < -0.4 is 10.6 Å². The number of hydrogen-bond donors (Lipinski definition) is 2. The van der Waals surface area contributed by atoms with Crippen LogP contribution in [-0.2, 0) is 22.6 Å². The van der Waals surface area contributed by atoms with Gasteiger partial charge in [-0.3, -0.25) is 9.59 Å². The average molecular weight is 350 g/mol. The van der Waals surface area contributed by atoms with Crippen LogP contribution in [0.2, 0.25) is 0 Å². The Kier molecular flexibility index (Phi) is 5.02. The van der Waals surface area contributed by atoms with Gasteiger partial charge in [0.25, 0.3) is 0 Å². The Morgan fingerprint density at radius 3 is 2.62 bits per heavy atom. The number of para-hydroxylation sites is 2. The first-order valence-electron chi connectivity index (χ1n) is 8.49. The molecule has 0 saturated carbocycles. The summed E-state index contributed by atoms with van der Waals surface area (Å²) in [6.07, 6.45) is 0.127. The van der Waals surface area contributed by atoms with Gasteiger partial charge in [-0.1, -0.05) is 24.3 Å². The molecule has 0 atom stereocenters. The van der Waals surface area contributed by atoms with Gasteiger partial charge in [-0.15, -0.1) is 0 Å². The summed E-state index contributed by atoms with van der Waals surface area (Å²) in [6, 6.07) is 13.5. The minimum Gasteiger partial charge on any atom is -0.359 e. The molecule has 2 N–H and O–H groups in total. The molecule has 134 valence electrons. The number of aromatic nitrogens is 2. The summed E-state index contributed by atoms with van der Waals surface area (Å²) in [6.45, 7) is 4.04. The van der Waals surface area contributed by atoms with E-state index in [0.29, 0.717) is 5.82 Å². The van der Waals surface area contributed by atoms with Crippen LogP contribution in [0, 0.1) is 13.8 Å². The topological polar surface area (TPSA) is 76.0 Å². The predicted molar refractivity (Wildman–Crippen MR) is 102 cm³/mol. The largest absolute Gasteiger partial charge is 0.359 e. The lowest BCUT2D eigenvalue weighted by atomic mass is 10.1. The Hall–Kier alpha value is -3.15. The minimum absolute atomic E-state index is 0.0974. The number of anilines is 1. The molecule has 3 rings (SSSR count). The highest BCUT2D eigenvalue weighted by molar-refractivity contribution is 5.92. The van der Waals surface area contributed by atoms with Gasteiger partial charge in [0.05, 0.1) is 17.5 Å². The smallest absolute Gasteiger partial charge is 0.244 e. The van der Waals surface area contributed by atoms with Crippen molar-refractivity contribution in [2.75, 3.05) is 12.4 Å². The molecule has 0 fully saturated rings. The predicted octanol–water partition coefficient (Wildman–Crippen LogP) is 2.58. The van der Waals surface area contributed by atoms with E-state index < -0.39 is 0 Å². The molecular weight excluding hydrogens is 328 g/mol. The van der Waals surface area contributed by atoms with Crippen molar-refractivity contribution >= 4 is 28.5 Å². The van der Waals surface area contributed by atoms with E-state index >= 15 is 0 Å². The van der Waals surface area contributed by atoms with E-state index in [1.807, 2.05) is 56.3 Å². The van der Waals surface area contributed by atoms with Crippen LogP contribution >= 0.6 is 0 Å². The molecule has 2 amide bonds. The Balaban J connectivity index is 1.89. The second-order valence-corrected chi connectivity index (χ2v) is 6.32. The zero-order valence-electron chi connectivity index (χ0n) is 15.2. The number of likely N-dealkylation sites (N-methyl/N-ethyl adjacent to an activating group) is 1. The van der Waals surface area contributed by atoms with E-state index in [0.717, 1.165) is 27.8 Å². The molecule has 3 aromatic rings. The van der Waals surface area contributed by atoms with Crippen molar-refractivity contribution in [3.8, 4) is 0 Å². The molecule has 2 aromatic carbocycles. The highest BCUT2D eigenvalue weighted by atomic mass is 16.2. The number of aryl methyl sites for hydroxylation is 2. The van der Waals surface area contributed by atoms with Gasteiger partial charge < -0.3 is 15.2 Å². The van der Waals surface area contributed by atoms with Crippen molar-refractivity contribution in [2.24, 2.45) is 0 Å². The summed E-state index contributed by atoms with van der Waals surface area (Å²) >= 11 is 0. The van der Waals surface area contributed by atoms with Crippen LogP contribution in [-0.4, -0.2) is 28.4 Å². The molecule has 0 unspecified atom stereocenters. The number of nitrogens with zero attached hydrogens (tertiary/aromatic N) is 2. The van der Waals surface area contributed by atoms with Crippen molar-refractivity contribution in [1.82, 2.24) is 14.9 Å². The third-order valence-electron chi connectivity index (χ3n) is 4.30. The summed E-state index contributed by atoms with van der Waals surface area (Å²) in [5.74, 6) is 0.276. The molecule has 0 bridgehead atoms. The van der Waals surface area contributed by atoms with Gasteiger partial charge in [0.2, 0.25) is 11.8 Å². The van der Waals surface area contributed by atoms with Crippen molar-refractivity contribution in [3.05, 3.63) is 59.4 Å². The molecule has 6 heteroatoms. The lowest BCUT2D eigenvalue weighted by Crippen LogP contribution is -2.25. The van der Waals surface area contributed by atoms with E-state index in [1.165, 1.54) is 0 Å². The van der Waals surface area contributed by atoms with E-state index in [-0.39, 0.29) is 24.8 Å². The van der Waals surface area contributed by atoms with Gasteiger partial charge >= 0.3 is 0 Å². The molecule has 6 nitrogen and oxygen atoms in total. The molecule has 0 aliphatic heterocycles. The van der Waals surface area contributed by atoms with E-state index in [9.17, 15) is 9.59 Å². The highest BCUT2D eigenvalue weighted by Gasteiger charge is 2.16. The molecule has 0 saturated heterocycles. The standard InChI is InChI=1S/C20H22N4O2/c1-13-8-9-14(2)16(10-13)23-20(26)12-24-17-7-5-4-6-15(17)22-18(24)11-19(25)21-3/h4-10H,11-12H2,1-3H3,(H,21,25)(H,23,26). The molecule has 0 aliphatic rings. The number of hydrogen-bond acceptors (Lipinski definition) is 3. The fourth-order valence-corrected chi connectivity index (χ4v) is 2.87. The third-order valence-corrected chi connectivity index (χ3v) is 4.30. The van der Waals surface area contributed by atoms with Gasteiger partial charge in [-0.2, -0.15) is 0 Å². The first-order valence-corrected chi connectivity index (χ1v) is 8.49. The van der Waals surface area contributed by atoms with E-state index in [1.54, 1.807) is 11.6 Å². The summed E-state index contributed by atoms with van der Waals surface area (Å²) in [5, 5.41) is 5.56. The van der Waals surface area contributed by atoms with Crippen molar-refractivity contribution in [1.29, 1.82) is 0 Å². The van der Waals surface area contributed by atoms with Crippen LogP contribution in [0.1, 0.15) is 17.0 Å². The Morgan fingerprint density at radius 1 is 1.08 bits per heavy atom. The zero-order valence-corrected chi connectivity index (χ0v) is 15.2. The molecule has 26 heavy (non-hydrogen) atoms. The van der Waals surface area contributed by atoms with Gasteiger partial charge in [0.15, 0.2) is 0 Å². The van der Waals surface area contributed by atoms with Crippen molar-refractivity contribution in [2.45, 2.75) is 26.8 Å². The van der Waals surface area contributed by atoms with Gasteiger partial charge in [0.1, 0.15) is 12.4 Å². The van der Waals surface area contributed by atoms with Crippen LogP contribution in [0.4, 0.5) is 5.69 Å². The fraction of sp³-hybridized carbons (Fsp3) is 0.250. The number of amides is 2. The third kappa shape index (κ3) is 3.74. The quantitative estimate of drug-likeness (QED) is 0.742. The minimum atomic E-state index is -0.153. The monoisotopic (exact) mass is 350 g/mol.